The Kier molecular flexibility index (Phi) is 5.48. The average molecular weight is 342 g/mol. The van der Waals surface area contributed by atoms with Crippen molar-refractivity contribution < 1.29 is 4.39 Å². The van der Waals surface area contributed by atoms with Gasteiger partial charge in [-0.25, -0.2) is 10.2 Å². The molecule has 2 aromatic rings. The molecule has 0 aliphatic carbocycles. The molecule has 0 aliphatic heterocycles. The molecule has 0 bridgehead atoms. The Morgan fingerprint density at radius 1 is 1.38 bits per heavy atom. The van der Waals surface area contributed by atoms with Gasteiger partial charge in [-0.1, -0.05) is 37.1 Å². The lowest BCUT2D eigenvalue weighted by atomic mass is 9.94. The molecule has 0 amide bonds. The highest BCUT2D eigenvalue weighted by Crippen LogP contribution is 2.37. The summed E-state index contributed by atoms with van der Waals surface area (Å²) in [4.78, 5) is 2.22. The second kappa shape index (κ2) is 7.21. The van der Waals surface area contributed by atoms with E-state index in [0.29, 0.717) is 17.7 Å². The zero-order valence-corrected chi connectivity index (χ0v) is 15.4. The van der Waals surface area contributed by atoms with E-state index in [9.17, 15) is 4.39 Å². The van der Waals surface area contributed by atoms with Crippen LogP contribution >= 0.6 is 11.3 Å². The largest absolute Gasteiger partial charge is 0.317 e. The van der Waals surface area contributed by atoms with Crippen molar-refractivity contribution in [2.75, 3.05) is 0 Å². The SMILES string of the molecule is C#C/C(NN)=C(/C)c1cc(C)c(-c2ccc(C(C)(F)CC)cc2)s1. The van der Waals surface area contributed by atoms with E-state index in [4.69, 9.17) is 12.3 Å². The maximum Gasteiger partial charge on any atom is 0.133 e. The number of hydrogen-bond donors (Lipinski definition) is 2. The van der Waals surface area contributed by atoms with Gasteiger partial charge in [0.2, 0.25) is 0 Å². The second-order valence-corrected chi connectivity index (χ2v) is 7.09. The van der Waals surface area contributed by atoms with Crippen molar-refractivity contribution in [3.8, 4) is 22.8 Å². The predicted molar refractivity (Wildman–Crippen MR) is 102 cm³/mol. The van der Waals surface area contributed by atoms with Gasteiger partial charge in [0.1, 0.15) is 11.4 Å². The lowest BCUT2D eigenvalue weighted by Crippen LogP contribution is -2.20. The quantitative estimate of drug-likeness (QED) is 0.448. The minimum atomic E-state index is -1.29. The lowest BCUT2D eigenvalue weighted by Gasteiger charge is -2.18. The fraction of sp³-hybridized carbons (Fsp3) is 0.300. The molecule has 126 valence electrons. The van der Waals surface area contributed by atoms with Crippen LogP contribution < -0.4 is 11.3 Å². The molecule has 0 spiro atoms. The summed E-state index contributed by atoms with van der Waals surface area (Å²) in [6.07, 6.45) is 5.92. The number of nitrogens with two attached hydrogens (primary N) is 1. The normalized spacial score (nSPS) is 14.5. The smallest absolute Gasteiger partial charge is 0.133 e. The number of rotatable bonds is 5. The number of hydrogen-bond acceptors (Lipinski definition) is 3. The summed E-state index contributed by atoms with van der Waals surface area (Å²) < 4.78 is 14.4. The Labute approximate surface area is 147 Å². The van der Waals surface area contributed by atoms with Crippen LogP contribution in [0.3, 0.4) is 0 Å². The third kappa shape index (κ3) is 3.53. The number of hydrazine groups is 1. The fourth-order valence-electron chi connectivity index (χ4n) is 2.51. The Bertz CT molecular complexity index is 792. The highest BCUT2D eigenvalue weighted by atomic mass is 32.1. The molecule has 1 atom stereocenters. The summed E-state index contributed by atoms with van der Waals surface area (Å²) in [7, 11) is 0. The first-order valence-electron chi connectivity index (χ1n) is 7.88. The topological polar surface area (TPSA) is 38.0 Å². The second-order valence-electron chi connectivity index (χ2n) is 6.04. The molecular formula is C20H23FN2S. The van der Waals surface area contributed by atoms with Gasteiger partial charge in [0, 0.05) is 9.75 Å². The number of nitrogens with one attached hydrogen (secondary N) is 1. The van der Waals surface area contributed by atoms with Gasteiger partial charge in [-0.15, -0.1) is 17.8 Å². The van der Waals surface area contributed by atoms with Crippen molar-refractivity contribution in [2.24, 2.45) is 5.84 Å². The van der Waals surface area contributed by atoms with Gasteiger partial charge >= 0.3 is 0 Å². The Hall–Kier alpha value is -2.09. The van der Waals surface area contributed by atoms with Gasteiger partial charge in [-0.2, -0.15) is 0 Å². The highest BCUT2D eigenvalue weighted by molar-refractivity contribution is 7.16. The average Bonchev–Trinajstić information content (AvgIpc) is 2.98. The van der Waals surface area contributed by atoms with Gasteiger partial charge < -0.3 is 5.43 Å². The number of alkyl halides is 1. The number of benzene rings is 1. The summed E-state index contributed by atoms with van der Waals surface area (Å²) in [5.41, 5.74) is 5.74. The number of halogens is 1. The van der Waals surface area contributed by atoms with Crippen molar-refractivity contribution in [3.63, 3.8) is 0 Å². The van der Waals surface area contributed by atoms with Gasteiger partial charge in [-0.05, 0) is 55.5 Å². The van der Waals surface area contributed by atoms with Gasteiger partial charge in [0.05, 0.1) is 0 Å². The van der Waals surface area contributed by atoms with E-state index < -0.39 is 5.67 Å². The van der Waals surface area contributed by atoms with E-state index in [1.54, 1.807) is 18.3 Å². The summed E-state index contributed by atoms with van der Waals surface area (Å²) >= 11 is 1.66. The van der Waals surface area contributed by atoms with E-state index in [1.807, 2.05) is 38.1 Å². The predicted octanol–water partition coefficient (Wildman–Crippen LogP) is 5.15. The van der Waals surface area contributed by atoms with Crippen LogP contribution in [-0.2, 0) is 5.67 Å². The van der Waals surface area contributed by atoms with Crippen molar-refractivity contribution in [2.45, 2.75) is 39.8 Å². The molecule has 2 rings (SSSR count). The van der Waals surface area contributed by atoms with Crippen LogP contribution in [0.1, 0.15) is 43.2 Å². The van der Waals surface area contributed by atoms with Crippen molar-refractivity contribution in [1.82, 2.24) is 5.43 Å². The van der Waals surface area contributed by atoms with Gasteiger partial charge in [0.15, 0.2) is 0 Å². The number of terminal acetylenes is 1. The molecule has 2 nitrogen and oxygen atoms in total. The number of allylic oxidation sites excluding steroid dienone is 2. The molecule has 1 unspecified atom stereocenters. The summed E-state index contributed by atoms with van der Waals surface area (Å²) in [6, 6.07) is 9.80. The van der Waals surface area contributed by atoms with Crippen LogP contribution in [0.5, 0.6) is 0 Å². The van der Waals surface area contributed by atoms with Crippen LogP contribution in [0.2, 0.25) is 0 Å². The van der Waals surface area contributed by atoms with Gasteiger partial charge in [0.25, 0.3) is 0 Å². The van der Waals surface area contributed by atoms with Crippen LogP contribution in [-0.4, -0.2) is 0 Å². The minimum absolute atomic E-state index is 0.458. The molecular weight excluding hydrogens is 319 g/mol. The van der Waals surface area contributed by atoms with E-state index >= 15 is 0 Å². The van der Waals surface area contributed by atoms with Gasteiger partial charge in [-0.3, -0.25) is 0 Å². The van der Waals surface area contributed by atoms with E-state index in [1.165, 1.54) is 0 Å². The molecule has 0 saturated carbocycles. The molecule has 0 fully saturated rings. The van der Waals surface area contributed by atoms with Crippen LogP contribution in [0.25, 0.3) is 16.0 Å². The summed E-state index contributed by atoms with van der Waals surface area (Å²) in [6.45, 7) is 7.48. The monoisotopic (exact) mass is 342 g/mol. The first kappa shape index (κ1) is 18.3. The standard InChI is InChI=1S/C20H23FN2S/c1-6-17(23-22)14(4)18-12-13(3)19(24-18)15-8-10-16(11-9-15)20(5,21)7-2/h1,8-12,23H,7,22H2,2-5H3/b17-14+. The third-order valence-corrected chi connectivity index (χ3v) is 5.77. The molecule has 1 aromatic carbocycles. The van der Waals surface area contributed by atoms with E-state index in [2.05, 4.69) is 24.3 Å². The maximum absolute atomic E-state index is 14.4. The molecule has 0 aliphatic rings. The first-order valence-corrected chi connectivity index (χ1v) is 8.70. The first-order chi connectivity index (χ1) is 11.3. The Morgan fingerprint density at radius 2 is 2.00 bits per heavy atom. The number of aryl methyl sites for hydroxylation is 1. The molecule has 24 heavy (non-hydrogen) atoms. The third-order valence-electron chi connectivity index (χ3n) is 4.36. The molecule has 0 radical (unpaired) electrons. The molecule has 4 heteroatoms. The molecule has 3 N–H and O–H groups in total. The number of thiophene rings is 1. The summed E-state index contributed by atoms with van der Waals surface area (Å²) in [5, 5.41) is 0. The van der Waals surface area contributed by atoms with E-state index in [-0.39, 0.29) is 0 Å². The Morgan fingerprint density at radius 3 is 2.50 bits per heavy atom. The Balaban J connectivity index is 2.41. The van der Waals surface area contributed by atoms with Crippen molar-refractivity contribution in [1.29, 1.82) is 0 Å². The lowest BCUT2D eigenvalue weighted by molar-refractivity contribution is 0.185. The van der Waals surface area contributed by atoms with Crippen LogP contribution in [0.15, 0.2) is 36.0 Å². The van der Waals surface area contributed by atoms with Crippen LogP contribution in [0.4, 0.5) is 4.39 Å². The van der Waals surface area contributed by atoms with Crippen molar-refractivity contribution >= 4 is 16.9 Å². The molecule has 1 aromatic heterocycles. The van der Waals surface area contributed by atoms with Crippen molar-refractivity contribution in [3.05, 3.63) is 52.0 Å². The zero-order valence-electron chi connectivity index (χ0n) is 14.5. The molecule has 0 saturated heterocycles. The highest BCUT2D eigenvalue weighted by Gasteiger charge is 2.23. The molecule has 1 heterocycles. The minimum Gasteiger partial charge on any atom is -0.317 e. The maximum atomic E-state index is 14.4. The zero-order chi connectivity index (χ0) is 17.9. The van der Waals surface area contributed by atoms with Crippen LogP contribution in [0, 0.1) is 19.3 Å². The van der Waals surface area contributed by atoms with E-state index in [0.717, 1.165) is 26.5 Å². The fourth-order valence-corrected chi connectivity index (χ4v) is 3.69. The summed E-state index contributed by atoms with van der Waals surface area (Å²) in [5.74, 6) is 8.02.